The van der Waals surface area contributed by atoms with Crippen LogP contribution in [0.1, 0.15) is 38.7 Å². The summed E-state index contributed by atoms with van der Waals surface area (Å²) in [5, 5.41) is 3.17. The number of benzene rings is 1. The summed E-state index contributed by atoms with van der Waals surface area (Å²) < 4.78 is 18.7. The lowest BCUT2D eigenvalue weighted by molar-refractivity contribution is -0.124. The van der Waals surface area contributed by atoms with Gasteiger partial charge >= 0.3 is 0 Å². The topological polar surface area (TPSA) is 64.3 Å². The average Bonchev–Trinajstić information content (AvgIpc) is 2.44. The van der Waals surface area contributed by atoms with Gasteiger partial charge in [0, 0.05) is 6.07 Å². The minimum absolute atomic E-state index is 0.317. The van der Waals surface area contributed by atoms with Crippen molar-refractivity contribution in [1.29, 1.82) is 0 Å². The molecular weight excluding hydrogens is 271 g/mol. The molecule has 0 aliphatic heterocycles. The molecule has 3 N–H and O–H groups in total. The molecule has 1 amide bonds. The van der Waals surface area contributed by atoms with Gasteiger partial charge in [0.25, 0.3) is 0 Å². The highest BCUT2D eigenvalue weighted by Crippen LogP contribution is 2.20. The first-order valence-electron chi connectivity index (χ1n) is 7.33. The van der Waals surface area contributed by atoms with Gasteiger partial charge in [-0.2, -0.15) is 0 Å². The van der Waals surface area contributed by atoms with Gasteiger partial charge in [-0.25, -0.2) is 4.39 Å². The molecule has 5 heteroatoms. The number of carbonyl (C=O) groups excluding carboxylic acids is 1. The largest absolute Gasteiger partial charge is 0.493 e. The van der Waals surface area contributed by atoms with Crippen molar-refractivity contribution in [2.75, 3.05) is 13.2 Å². The summed E-state index contributed by atoms with van der Waals surface area (Å²) in [6.07, 6.45) is 2.17. The van der Waals surface area contributed by atoms with E-state index in [4.69, 9.17) is 10.5 Å². The van der Waals surface area contributed by atoms with Crippen LogP contribution in [0.3, 0.4) is 0 Å². The summed E-state index contributed by atoms with van der Waals surface area (Å²) in [4.78, 5) is 11.6. The molecule has 0 heterocycles. The highest BCUT2D eigenvalue weighted by Gasteiger charge is 2.29. The molecule has 1 atom stereocenters. The van der Waals surface area contributed by atoms with Crippen LogP contribution in [-0.4, -0.2) is 24.6 Å². The molecule has 0 saturated heterocycles. The van der Waals surface area contributed by atoms with Crippen molar-refractivity contribution in [2.24, 2.45) is 5.73 Å². The Morgan fingerprint density at radius 1 is 1.48 bits per heavy atom. The Labute approximate surface area is 125 Å². The molecule has 1 rings (SSSR count). The summed E-state index contributed by atoms with van der Waals surface area (Å²) in [6, 6.07) is 4.46. The second kappa shape index (κ2) is 7.98. The molecule has 118 valence electrons. The van der Waals surface area contributed by atoms with Crippen LogP contribution in [0, 0.1) is 12.7 Å². The van der Waals surface area contributed by atoms with E-state index in [1.165, 1.54) is 12.1 Å². The van der Waals surface area contributed by atoms with E-state index in [-0.39, 0.29) is 11.7 Å². The van der Waals surface area contributed by atoms with Crippen molar-refractivity contribution in [3.05, 3.63) is 29.6 Å². The molecular formula is C16H25FN2O2. The van der Waals surface area contributed by atoms with Gasteiger partial charge in [-0.3, -0.25) is 4.79 Å². The van der Waals surface area contributed by atoms with E-state index < -0.39 is 5.54 Å². The first kappa shape index (κ1) is 17.4. The number of hydrogen-bond donors (Lipinski definition) is 2. The molecule has 1 aromatic carbocycles. The lowest BCUT2D eigenvalue weighted by Crippen LogP contribution is -2.53. The Kier molecular flexibility index (Phi) is 6.62. The molecule has 0 saturated carbocycles. The van der Waals surface area contributed by atoms with Crippen LogP contribution >= 0.6 is 0 Å². The number of ether oxygens (including phenoxy) is 1. The van der Waals surface area contributed by atoms with Crippen LogP contribution in [0.5, 0.6) is 5.75 Å². The van der Waals surface area contributed by atoms with E-state index in [2.05, 4.69) is 5.32 Å². The Morgan fingerprint density at radius 2 is 2.19 bits per heavy atom. The number of nitrogens with two attached hydrogens (primary N) is 1. The standard InChI is InChI=1S/C16H25FN2O2/c1-4-9-19-16(3,15(18)20)8-5-10-21-14-11-13(17)7-6-12(14)2/h6-7,11,19H,4-5,8-10H2,1-3H3,(H2,18,20). The summed E-state index contributed by atoms with van der Waals surface area (Å²) >= 11 is 0. The number of nitrogens with one attached hydrogen (secondary N) is 1. The second-order valence-corrected chi connectivity index (χ2v) is 5.48. The van der Waals surface area contributed by atoms with Crippen molar-refractivity contribution >= 4 is 5.91 Å². The molecule has 1 aromatic rings. The second-order valence-electron chi connectivity index (χ2n) is 5.48. The van der Waals surface area contributed by atoms with E-state index in [0.29, 0.717) is 25.2 Å². The van der Waals surface area contributed by atoms with Gasteiger partial charge in [0.1, 0.15) is 11.6 Å². The van der Waals surface area contributed by atoms with Gasteiger partial charge in [0.2, 0.25) is 5.91 Å². The Bertz CT molecular complexity index is 479. The maximum Gasteiger partial charge on any atom is 0.237 e. The predicted octanol–water partition coefficient (Wildman–Crippen LogP) is 2.54. The van der Waals surface area contributed by atoms with E-state index in [1.807, 2.05) is 13.8 Å². The van der Waals surface area contributed by atoms with E-state index >= 15 is 0 Å². The number of halogens is 1. The van der Waals surface area contributed by atoms with Gasteiger partial charge in [-0.05, 0) is 51.3 Å². The molecule has 0 aliphatic carbocycles. The van der Waals surface area contributed by atoms with Crippen molar-refractivity contribution in [2.45, 2.75) is 45.6 Å². The van der Waals surface area contributed by atoms with E-state index in [9.17, 15) is 9.18 Å². The van der Waals surface area contributed by atoms with Crippen molar-refractivity contribution in [3.63, 3.8) is 0 Å². The Balaban J connectivity index is 2.47. The number of rotatable bonds is 9. The summed E-state index contributed by atoms with van der Waals surface area (Å²) in [6.45, 7) is 6.86. The highest BCUT2D eigenvalue weighted by molar-refractivity contribution is 5.84. The minimum atomic E-state index is -0.726. The third-order valence-corrected chi connectivity index (χ3v) is 3.54. The number of hydrogen-bond acceptors (Lipinski definition) is 3. The maximum absolute atomic E-state index is 13.1. The summed E-state index contributed by atoms with van der Waals surface area (Å²) in [7, 11) is 0. The van der Waals surface area contributed by atoms with Crippen molar-refractivity contribution in [3.8, 4) is 5.75 Å². The third-order valence-electron chi connectivity index (χ3n) is 3.54. The van der Waals surface area contributed by atoms with Crippen LogP contribution in [-0.2, 0) is 4.79 Å². The van der Waals surface area contributed by atoms with Crippen LogP contribution < -0.4 is 15.8 Å². The number of primary amides is 1. The zero-order valence-corrected chi connectivity index (χ0v) is 13.0. The molecule has 0 radical (unpaired) electrons. The number of aryl methyl sites for hydroxylation is 1. The van der Waals surface area contributed by atoms with Crippen LogP contribution in [0.2, 0.25) is 0 Å². The first-order valence-corrected chi connectivity index (χ1v) is 7.33. The smallest absolute Gasteiger partial charge is 0.237 e. The first-order chi connectivity index (χ1) is 9.89. The zero-order chi connectivity index (χ0) is 15.9. The zero-order valence-electron chi connectivity index (χ0n) is 13.0. The SMILES string of the molecule is CCCNC(C)(CCCOc1cc(F)ccc1C)C(N)=O. The van der Waals surface area contributed by atoms with E-state index in [1.54, 1.807) is 13.0 Å². The van der Waals surface area contributed by atoms with Crippen LogP contribution in [0.4, 0.5) is 4.39 Å². The summed E-state index contributed by atoms with van der Waals surface area (Å²) in [5.74, 6) is -0.141. The molecule has 0 aromatic heterocycles. The van der Waals surface area contributed by atoms with Gasteiger partial charge in [0.05, 0.1) is 12.1 Å². The van der Waals surface area contributed by atoms with Gasteiger partial charge in [-0.1, -0.05) is 13.0 Å². The quantitative estimate of drug-likeness (QED) is 0.688. The minimum Gasteiger partial charge on any atom is -0.493 e. The third kappa shape index (κ3) is 5.34. The molecule has 4 nitrogen and oxygen atoms in total. The predicted molar refractivity (Wildman–Crippen MR) is 81.8 cm³/mol. The number of amides is 1. The number of carbonyl (C=O) groups is 1. The van der Waals surface area contributed by atoms with E-state index in [0.717, 1.165) is 18.5 Å². The maximum atomic E-state index is 13.1. The highest BCUT2D eigenvalue weighted by atomic mass is 19.1. The monoisotopic (exact) mass is 296 g/mol. The van der Waals surface area contributed by atoms with Crippen molar-refractivity contribution < 1.29 is 13.9 Å². The lowest BCUT2D eigenvalue weighted by atomic mass is 9.95. The lowest BCUT2D eigenvalue weighted by Gasteiger charge is -2.27. The Morgan fingerprint density at radius 3 is 2.81 bits per heavy atom. The van der Waals surface area contributed by atoms with Crippen molar-refractivity contribution in [1.82, 2.24) is 5.32 Å². The molecule has 1 unspecified atom stereocenters. The molecule has 0 fully saturated rings. The fourth-order valence-corrected chi connectivity index (χ4v) is 2.04. The molecule has 0 aliphatic rings. The summed E-state index contributed by atoms with van der Waals surface area (Å²) in [5.41, 5.74) is 5.62. The normalized spacial score (nSPS) is 13.7. The van der Waals surface area contributed by atoms with Crippen LogP contribution in [0.25, 0.3) is 0 Å². The van der Waals surface area contributed by atoms with Gasteiger partial charge < -0.3 is 15.8 Å². The fraction of sp³-hybridized carbons (Fsp3) is 0.562. The molecule has 21 heavy (non-hydrogen) atoms. The van der Waals surface area contributed by atoms with Gasteiger partial charge in [-0.15, -0.1) is 0 Å². The molecule has 0 bridgehead atoms. The average molecular weight is 296 g/mol. The Hall–Kier alpha value is -1.62. The van der Waals surface area contributed by atoms with Crippen LogP contribution in [0.15, 0.2) is 18.2 Å². The molecule has 0 spiro atoms. The fourth-order valence-electron chi connectivity index (χ4n) is 2.04. The van der Waals surface area contributed by atoms with Gasteiger partial charge in [0.15, 0.2) is 0 Å².